The van der Waals surface area contributed by atoms with Gasteiger partial charge in [0.05, 0.1) is 10.7 Å². The molecular weight excluding hydrogens is 447 g/mol. The van der Waals surface area contributed by atoms with Crippen molar-refractivity contribution >= 4 is 45.9 Å². The highest BCUT2D eigenvalue weighted by Crippen LogP contribution is 2.32. The number of rotatable bonds is 7. The zero-order valence-corrected chi connectivity index (χ0v) is 19.2. The molecule has 1 unspecified atom stereocenters. The van der Waals surface area contributed by atoms with Gasteiger partial charge in [-0.2, -0.15) is 0 Å². The molecule has 1 heterocycles. The number of amides is 1. The Morgan fingerprint density at radius 1 is 1.09 bits per heavy atom. The number of nitrogens with one attached hydrogen (secondary N) is 1. The molecule has 0 bridgehead atoms. The number of benzene rings is 3. The number of halogens is 2. The number of carbonyl (C=O) groups excluding carboxylic acids is 1. The van der Waals surface area contributed by atoms with Crippen LogP contribution in [0.2, 0.25) is 10.0 Å². The standard InChI is InChI=1S/C25H22Cl2N2O3/c1-3-15(2)16-5-11-23-22(12-16)29-25(32-23)17-4-10-20(27)21(13-17)28-24(30)14-31-19-8-6-18(26)7-9-19/h4-13,15H,3,14H2,1-2H3,(H,28,30). The number of anilines is 1. The van der Waals surface area contributed by atoms with Gasteiger partial charge in [-0.1, -0.05) is 43.1 Å². The first kappa shape index (κ1) is 22.2. The minimum atomic E-state index is -0.338. The maximum Gasteiger partial charge on any atom is 0.262 e. The number of nitrogens with zero attached hydrogens (tertiary/aromatic N) is 1. The van der Waals surface area contributed by atoms with E-state index in [2.05, 4.69) is 36.3 Å². The second-order valence-corrected chi connectivity index (χ2v) is 8.38. The fourth-order valence-electron chi connectivity index (χ4n) is 3.23. The van der Waals surface area contributed by atoms with Gasteiger partial charge in [-0.25, -0.2) is 4.98 Å². The van der Waals surface area contributed by atoms with Crippen LogP contribution in [0.15, 0.2) is 65.1 Å². The Morgan fingerprint density at radius 3 is 2.62 bits per heavy atom. The Labute approximate surface area is 196 Å². The molecule has 4 aromatic rings. The van der Waals surface area contributed by atoms with Gasteiger partial charge in [0.1, 0.15) is 11.3 Å². The maximum atomic E-state index is 12.4. The smallest absolute Gasteiger partial charge is 0.262 e. The molecule has 0 aliphatic rings. The molecule has 7 heteroatoms. The molecule has 0 fully saturated rings. The van der Waals surface area contributed by atoms with Crippen LogP contribution in [-0.4, -0.2) is 17.5 Å². The van der Waals surface area contributed by atoms with Crippen molar-refractivity contribution in [3.05, 3.63) is 76.3 Å². The molecule has 0 aliphatic carbocycles. The lowest BCUT2D eigenvalue weighted by molar-refractivity contribution is -0.118. The largest absolute Gasteiger partial charge is 0.484 e. The number of carbonyl (C=O) groups is 1. The molecular formula is C25H22Cl2N2O3. The van der Waals surface area contributed by atoms with Gasteiger partial charge in [-0.15, -0.1) is 0 Å². The van der Waals surface area contributed by atoms with Crippen molar-refractivity contribution in [2.45, 2.75) is 26.2 Å². The molecule has 164 valence electrons. The summed E-state index contributed by atoms with van der Waals surface area (Å²) in [7, 11) is 0. The Bertz CT molecular complexity index is 1250. The summed E-state index contributed by atoms with van der Waals surface area (Å²) >= 11 is 12.1. The van der Waals surface area contributed by atoms with Crippen LogP contribution in [0.25, 0.3) is 22.6 Å². The van der Waals surface area contributed by atoms with E-state index >= 15 is 0 Å². The summed E-state index contributed by atoms with van der Waals surface area (Å²) < 4.78 is 11.4. The van der Waals surface area contributed by atoms with Crippen LogP contribution < -0.4 is 10.1 Å². The zero-order chi connectivity index (χ0) is 22.7. The van der Waals surface area contributed by atoms with E-state index in [1.165, 1.54) is 5.56 Å². The summed E-state index contributed by atoms with van der Waals surface area (Å²) in [5.74, 6) is 1.13. The van der Waals surface area contributed by atoms with Gasteiger partial charge in [0, 0.05) is 10.6 Å². The Morgan fingerprint density at radius 2 is 1.88 bits per heavy atom. The van der Waals surface area contributed by atoms with Crippen molar-refractivity contribution in [2.24, 2.45) is 0 Å². The SMILES string of the molecule is CCC(C)c1ccc2oc(-c3ccc(Cl)c(NC(=O)COc4ccc(Cl)cc4)c3)nc2c1. The second kappa shape index (κ2) is 9.63. The van der Waals surface area contributed by atoms with E-state index in [0.29, 0.717) is 44.4 Å². The monoisotopic (exact) mass is 468 g/mol. The number of oxazole rings is 1. The molecule has 5 nitrogen and oxygen atoms in total. The van der Waals surface area contributed by atoms with Crippen molar-refractivity contribution < 1.29 is 13.9 Å². The average Bonchev–Trinajstić information content (AvgIpc) is 3.23. The van der Waals surface area contributed by atoms with Crippen molar-refractivity contribution in [2.75, 3.05) is 11.9 Å². The summed E-state index contributed by atoms with van der Waals surface area (Å²) in [5.41, 5.74) is 3.91. The Balaban J connectivity index is 1.50. The van der Waals surface area contributed by atoms with Crippen molar-refractivity contribution in [1.82, 2.24) is 4.98 Å². The van der Waals surface area contributed by atoms with E-state index in [9.17, 15) is 4.79 Å². The number of hydrogen-bond donors (Lipinski definition) is 1. The minimum absolute atomic E-state index is 0.163. The van der Waals surface area contributed by atoms with E-state index in [1.54, 1.807) is 36.4 Å². The molecule has 3 aromatic carbocycles. The van der Waals surface area contributed by atoms with Crippen LogP contribution in [0.4, 0.5) is 5.69 Å². The second-order valence-electron chi connectivity index (χ2n) is 7.54. The fraction of sp³-hybridized carbons (Fsp3) is 0.200. The quantitative estimate of drug-likeness (QED) is 0.308. The molecule has 0 aliphatic heterocycles. The van der Waals surface area contributed by atoms with Crippen LogP contribution in [0.1, 0.15) is 31.7 Å². The molecule has 4 rings (SSSR count). The summed E-state index contributed by atoms with van der Waals surface area (Å²) in [4.78, 5) is 17.0. The van der Waals surface area contributed by atoms with Gasteiger partial charge >= 0.3 is 0 Å². The van der Waals surface area contributed by atoms with Gasteiger partial charge in [0.2, 0.25) is 5.89 Å². The summed E-state index contributed by atoms with van der Waals surface area (Å²) in [6.07, 6.45) is 1.05. The van der Waals surface area contributed by atoms with Gasteiger partial charge in [-0.3, -0.25) is 4.79 Å². The maximum absolute atomic E-state index is 12.4. The lowest BCUT2D eigenvalue weighted by atomic mass is 9.98. The van der Waals surface area contributed by atoms with E-state index in [1.807, 2.05) is 12.1 Å². The van der Waals surface area contributed by atoms with Crippen LogP contribution in [0.3, 0.4) is 0 Å². The van der Waals surface area contributed by atoms with Gasteiger partial charge in [-0.05, 0) is 72.5 Å². The fourth-order valence-corrected chi connectivity index (χ4v) is 3.52. The number of ether oxygens (including phenoxy) is 1. The van der Waals surface area contributed by atoms with Crippen LogP contribution >= 0.6 is 23.2 Å². The minimum Gasteiger partial charge on any atom is -0.484 e. The summed E-state index contributed by atoms with van der Waals surface area (Å²) in [6, 6.07) is 18.1. The average molecular weight is 469 g/mol. The molecule has 32 heavy (non-hydrogen) atoms. The molecule has 0 spiro atoms. The first-order valence-corrected chi connectivity index (χ1v) is 11.1. The normalized spacial score (nSPS) is 12.0. The van der Waals surface area contributed by atoms with E-state index in [4.69, 9.17) is 32.4 Å². The van der Waals surface area contributed by atoms with E-state index < -0.39 is 0 Å². The predicted octanol–water partition coefficient (Wildman–Crippen LogP) is 7.33. The Kier molecular flexibility index (Phi) is 6.68. The summed E-state index contributed by atoms with van der Waals surface area (Å²) in [5, 5.41) is 3.78. The van der Waals surface area contributed by atoms with Crippen molar-refractivity contribution in [3.63, 3.8) is 0 Å². The van der Waals surface area contributed by atoms with Gasteiger partial charge in [0.15, 0.2) is 12.2 Å². The number of fused-ring (bicyclic) bond motifs is 1. The van der Waals surface area contributed by atoms with Gasteiger partial charge in [0.25, 0.3) is 5.91 Å². The molecule has 0 saturated heterocycles. The third-order valence-corrected chi connectivity index (χ3v) is 5.85. The molecule has 0 saturated carbocycles. The lowest BCUT2D eigenvalue weighted by Crippen LogP contribution is -2.20. The molecule has 1 amide bonds. The third kappa shape index (κ3) is 5.06. The van der Waals surface area contributed by atoms with Crippen LogP contribution in [0.5, 0.6) is 5.75 Å². The molecule has 1 N–H and O–H groups in total. The molecule has 1 aromatic heterocycles. The van der Waals surface area contributed by atoms with E-state index in [0.717, 1.165) is 11.9 Å². The first-order chi connectivity index (χ1) is 15.4. The lowest BCUT2D eigenvalue weighted by Gasteiger charge is -2.10. The van der Waals surface area contributed by atoms with Crippen LogP contribution in [0, 0.1) is 0 Å². The van der Waals surface area contributed by atoms with Gasteiger partial charge < -0.3 is 14.5 Å². The van der Waals surface area contributed by atoms with Crippen molar-refractivity contribution in [3.8, 4) is 17.2 Å². The van der Waals surface area contributed by atoms with E-state index in [-0.39, 0.29) is 12.5 Å². The third-order valence-electron chi connectivity index (χ3n) is 5.26. The first-order valence-electron chi connectivity index (χ1n) is 10.3. The van der Waals surface area contributed by atoms with Crippen molar-refractivity contribution in [1.29, 1.82) is 0 Å². The zero-order valence-electron chi connectivity index (χ0n) is 17.7. The highest BCUT2D eigenvalue weighted by molar-refractivity contribution is 6.33. The van der Waals surface area contributed by atoms with Crippen LogP contribution in [-0.2, 0) is 4.79 Å². The molecule has 0 radical (unpaired) electrons. The highest BCUT2D eigenvalue weighted by Gasteiger charge is 2.14. The molecule has 1 atom stereocenters. The topological polar surface area (TPSA) is 64.4 Å². The Hall–Kier alpha value is -3.02. The number of aromatic nitrogens is 1. The summed E-state index contributed by atoms with van der Waals surface area (Å²) in [6.45, 7) is 4.18. The highest BCUT2D eigenvalue weighted by atomic mass is 35.5. The number of hydrogen-bond acceptors (Lipinski definition) is 4. The predicted molar refractivity (Wildman–Crippen MR) is 129 cm³/mol.